The summed E-state index contributed by atoms with van der Waals surface area (Å²) in [6.07, 6.45) is 0.0788. The summed E-state index contributed by atoms with van der Waals surface area (Å²) in [5.41, 5.74) is 1.22. The zero-order valence-electron chi connectivity index (χ0n) is 17.9. The number of hydrogen-bond donors (Lipinski definition) is 1. The molecule has 3 aromatic rings. The fourth-order valence-corrected chi connectivity index (χ4v) is 4.53. The monoisotopic (exact) mass is 439 g/mol. The van der Waals surface area contributed by atoms with Crippen LogP contribution >= 0.6 is 0 Å². The number of benzene rings is 1. The van der Waals surface area contributed by atoms with Crippen molar-refractivity contribution in [3.05, 3.63) is 62.7 Å². The number of carbonyl (C=O) groups excluding carboxylic acids is 1. The van der Waals surface area contributed by atoms with Gasteiger partial charge in [0.1, 0.15) is 12.4 Å². The van der Waals surface area contributed by atoms with E-state index in [9.17, 15) is 19.1 Å². The minimum Gasteiger partial charge on any atom is -0.458 e. The van der Waals surface area contributed by atoms with E-state index < -0.39 is 11.6 Å². The maximum absolute atomic E-state index is 14.6. The van der Waals surface area contributed by atoms with Gasteiger partial charge in [-0.25, -0.2) is 14.2 Å². The maximum atomic E-state index is 14.6. The van der Waals surface area contributed by atoms with Gasteiger partial charge in [-0.15, -0.1) is 0 Å². The molecule has 9 heteroatoms. The van der Waals surface area contributed by atoms with Gasteiger partial charge in [0.05, 0.1) is 42.7 Å². The van der Waals surface area contributed by atoms with Crippen LogP contribution in [-0.4, -0.2) is 39.8 Å². The van der Waals surface area contributed by atoms with Crippen LogP contribution < -0.4 is 5.56 Å². The van der Waals surface area contributed by atoms with Crippen molar-refractivity contribution in [1.29, 1.82) is 0 Å². The van der Waals surface area contributed by atoms with E-state index in [0.29, 0.717) is 27.9 Å². The normalized spacial score (nSPS) is 19.1. The Kier molecular flexibility index (Phi) is 4.66. The lowest BCUT2D eigenvalue weighted by Crippen LogP contribution is -2.44. The Morgan fingerprint density at radius 1 is 1.34 bits per heavy atom. The van der Waals surface area contributed by atoms with E-state index >= 15 is 0 Å². The SMILES string of the molecule is CC[C@@]1(O)C(=O)OCc2c1cc1n(c2=O)Cc2cc3c(CN(C)OC)c(F)ccc3nc2-1. The highest BCUT2D eigenvalue weighted by atomic mass is 19.1. The molecule has 5 rings (SSSR count). The van der Waals surface area contributed by atoms with Crippen LogP contribution in [-0.2, 0) is 39.7 Å². The molecular formula is C23H22FN3O5. The number of esters is 1. The van der Waals surface area contributed by atoms with Crippen molar-refractivity contribution >= 4 is 16.9 Å². The predicted octanol–water partition coefficient (Wildman–Crippen LogP) is 2.21. The zero-order valence-corrected chi connectivity index (χ0v) is 17.9. The summed E-state index contributed by atoms with van der Waals surface area (Å²) in [7, 11) is 3.22. The third-order valence-corrected chi connectivity index (χ3v) is 6.44. The van der Waals surface area contributed by atoms with Gasteiger partial charge in [-0.2, -0.15) is 5.06 Å². The van der Waals surface area contributed by atoms with Gasteiger partial charge in [0, 0.05) is 29.1 Å². The zero-order chi connectivity index (χ0) is 22.8. The van der Waals surface area contributed by atoms with Crippen LogP contribution in [0.2, 0.25) is 0 Å². The van der Waals surface area contributed by atoms with Crippen molar-refractivity contribution in [3.8, 4) is 11.4 Å². The lowest BCUT2D eigenvalue weighted by Gasteiger charge is -2.31. The van der Waals surface area contributed by atoms with Crippen LogP contribution in [0.25, 0.3) is 22.3 Å². The molecule has 0 saturated carbocycles. The van der Waals surface area contributed by atoms with Crippen LogP contribution in [0.1, 0.15) is 35.6 Å². The summed E-state index contributed by atoms with van der Waals surface area (Å²) in [5, 5.41) is 13.1. The van der Waals surface area contributed by atoms with Gasteiger partial charge in [-0.3, -0.25) is 4.79 Å². The second-order valence-electron chi connectivity index (χ2n) is 8.16. The lowest BCUT2D eigenvalue weighted by atomic mass is 9.86. The molecule has 0 amide bonds. The summed E-state index contributed by atoms with van der Waals surface area (Å²) >= 11 is 0. The van der Waals surface area contributed by atoms with E-state index in [1.807, 2.05) is 6.07 Å². The van der Waals surface area contributed by atoms with Crippen molar-refractivity contribution in [3.63, 3.8) is 0 Å². The Bertz CT molecular complexity index is 1350. The summed E-state index contributed by atoms with van der Waals surface area (Å²) in [6.45, 7) is 1.96. The van der Waals surface area contributed by atoms with Crippen LogP contribution in [0.3, 0.4) is 0 Å². The molecule has 0 radical (unpaired) electrons. The van der Waals surface area contributed by atoms with E-state index in [4.69, 9.17) is 14.6 Å². The first-order chi connectivity index (χ1) is 15.3. The molecule has 166 valence electrons. The summed E-state index contributed by atoms with van der Waals surface area (Å²) in [5.74, 6) is -1.13. The number of carbonyl (C=O) groups is 1. The average molecular weight is 439 g/mol. The number of halogens is 1. The molecule has 2 aromatic heterocycles. The highest BCUT2D eigenvalue weighted by molar-refractivity contribution is 5.88. The van der Waals surface area contributed by atoms with Gasteiger partial charge in [0.25, 0.3) is 5.56 Å². The summed E-state index contributed by atoms with van der Waals surface area (Å²) < 4.78 is 21.3. The molecule has 4 heterocycles. The molecule has 0 saturated heterocycles. The number of hydroxylamine groups is 2. The third kappa shape index (κ3) is 2.82. The Balaban J connectivity index is 1.72. The molecular weight excluding hydrogens is 417 g/mol. The molecule has 32 heavy (non-hydrogen) atoms. The van der Waals surface area contributed by atoms with Gasteiger partial charge in [0.2, 0.25) is 0 Å². The topological polar surface area (TPSA) is 93.9 Å². The Hall–Kier alpha value is -3.14. The number of ether oxygens (including phenoxy) is 1. The van der Waals surface area contributed by atoms with Crippen molar-refractivity contribution in [2.45, 2.75) is 38.6 Å². The molecule has 0 bridgehead atoms. The standard InChI is InChI=1S/C23H22FN3O5/c1-4-23(30)16-8-19-20-12(9-27(19)21(28)15(16)11-32-22(23)29)7-13-14(10-26(2)31-3)17(24)5-6-18(13)25-20/h5-8,30H,4,9-11H2,1-3H3/t23-/m0/s1. The minimum absolute atomic E-state index is 0.0788. The van der Waals surface area contributed by atoms with Crippen molar-refractivity contribution in [2.24, 2.45) is 0 Å². The quantitative estimate of drug-likeness (QED) is 0.385. The molecule has 0 fully saturated rings. The Morgan fingerprint density at radius 3 is 2.84 bits per heavy atom. The number of hydrogen-bond acceptors (Lipinski definition) is 7. The van der Waals surface area contributed by atoms with Gasteiger partial charge in [-0.1, -0.05) is 6.92 Å². The number of aliphatic hydroxyl groups is 1. The maximum Gasteiger partial charge on any atom is 0.343 e. The first-order valence-electron chi connectivity index (χ1n) is 10.3. The average Bonchev–Trinajstić information content (AvgIpc) is 3.15. The minimum atomic E-state index is -1.87. The van der Waals surface area contributed by atoms with Crippen molar-refractivity contribution < 1.29 is 23.9 Å². The van der Waals surface area contributed by atoms with Crippen LogP contribution in [0, 0.1) is 5.82 Å². The fourth-order valence-electron chi connectivity index (χ4n) is 4.53. The molecule has 1 aromatic carbocycles. The van der Waals surface area contributed by atoms with E-state index in [1.165, 1.54) is 18.2 Å². The Labute approximate surface area is 182 Å². The first-order valence-corrected chi connectivity index (χ1v) is 10.3. The summed E-state index contributed by atoms with van der Waals surface area (Å²) in [4.78, 5) is 35.4. The molecule has 1 atom stereocenters. The van der Waals surface area contributed by atoms with E-state index in [2.05, 4.69) is 0 Å². The Morgan fingerprint density at radius 2 is 2.12 bits per heavy atom. The van der Waals surface area contributed by atoms with E-state index in [0.717, 1.165) is 5.56 Å². The van der Waals surface area contributed by atoms with Crippen molar-refractivity contribution in [2.75, 3.05) is 14.2 Å². The third-order valence-electron chi connectivity index (χ3n) is 6.44. The lowest BCUT2D eigenvalue weighted by molar-refractivity contribution is -0.172. The van der Waals surface area contributed by atoms with Crippen LogP contribution in [0.15, 0.2) is 29.1 Å². The van der Waals surface area contributed by atoms with E-state index in [-0.39, 0.29) is 48.6 Å². The van der Waals surface area contributed by atoms with Gasteiger partial charge in [-0.05, 0) is 30.7 Å². The molecule has 1 N–H and O–H groups in total. The number of rotatable bonds is 4. The molecule has 0 aliphatic carbocycles. The van der Waals surface area contributed by atoms with Gasteiger partial charge >= 0.3 is 5.97 Å². The highest BCUT2D eigenvalue weighted by Gasteiger charge is 2.45. The molecule has 0 unspecified atom stereocenters. The van der Waals surface area contributed by atoms with Crippen molar-refractivity contribution in [1.82, 2.24) is 14.6 Å². The largest absolute Gasteiger partial charge is 0.458 e. The summed E-state index contributed by atoms with van der Waals surface area (Å²) in [6, 6.07) is 6.47. The van der Waals surface area contributed by atoms with Gasteiger partial charge < -0.3 is 19.2 Å². The molecule has 0 spiro atoms. The molecule has 2 aliphatic rings. The predicted molar refractivity (Wildman–Crippen MR) is 113 cm³/mol. The second-order valence-corrected chi connectivity index (χ2v) is 8.16. The number of cyclic esters (lactones) is 1. The van der Waals surface area contributed by atoms with Gasteiger partial charge in [0.15, 0.2) is 5.60 Å². The number of aromatic nitrogens is 2. The van der Waals surface area contributed by atoms with E-state index in [1.54, 1.807) is 30.7 Å². The number of pyridine rings is 2. The van der Waals surface area contributed by atoms with Crippen LogP contribution in [0.5, 0.6) is 0 Å². The van der Waals surface area contributed by atoms with Crippen LogP contribution in [0.4, 0.5) is 4.39 Å². The first kappa shape index (κ1) is 20.7. The number of nitrogens with zero attached hydrogens (tertiary/aromatic N) is 3. The smallest absolute Gasteiger partial charge is 0.343 e. The highest BCUT2D eigenvalue weighted by Crippen LogP contribution is 2.39. The molecule has 8 nitrogen and oxygen atoms in total. The fraction of sp³-hybridized carbons (Fsp3) is 0.348. The number of fused-ring (bicyclic) bond motifs is 5. The molecule has 2 aliphatic heterocycles. The second kappa shape index (κ2) is 7.19.